The van der Waals surface area contributed by atoms with E-state index in [0.717, 1.165) is 17.0 Å². The molecule has 2 aromatic rings. The smallest absolute Gasteiger partial charge is 0.139 e. The molecule has 0 aliphatic carbocycles. The summed E-state index contributed by atoms with van der Waals surface area (Å²) in [5, 5.41) is 12.1. The summed E-state index contributed by atoms with van der Waals surface area (Å²) < 4.78 is 1.80. The Hall–Kier alpha value is -1.68. The van der Waals surface area contributed by atoms with Crippen molar-refractivity contribution in [2.75, 3.05) is 0 Å². The second-order valence-electron chi connectivity index (χ2n) is 3.88. The Morgan fingerprint density at radius 2 is 2.31 bits per heavy atom. The molecule has 0 saturated carbocycles. The summed E-state index contributed by atoms with van der Waals surface area (Å²) in [6, 6.07) is 3.77. The summed E-state index contributed by atoms with van der Waals surface area (Å²) >= 11 is 0. The van der Waals surface area contributed by atoms with Gasteiger partial charge >= 0.3 is 0 Å². The van der Waals surface area contributed by atoms with E-state index in [9.17, 15) is 5.11 Å². The van der Waals surface area contributed by atoms with E-state index in [0.29, 0.717) is 6.42 Å². The first-order valence-corrected chi connectivity index (χ1v) is 5.21. The topological polar surface area (TPSA) is 50.6 Å². The molecule has 1 unspecified atom stereocenters. The van der Waals surface area contributed by atoms with E-state index in [4.69, 9.17) is 0 Å². The van der Waals surface area contributed by atoms with Gasteiger partial charge in [0, 0.05) is 25.9 Å². The molecule has 83 valence electrons. The monoisotopic (exact) mass is 216 g/mol. The third-order valence-electron chi connectivity index (χ3n) is 2.62. The Morgan fingerprint density at radius 1 is 1.50 bits per heavy atom. The molecule has 1 radical (unpaired) electrons. The third kappa shape index (κ3) is 2.12. The maximum atomic E-state index is 12.1. The SMILES string of the molecule is Cc1ncn(C)c1C([O])Cc1cccnc1. The van der Waals surface area contributed by atoms with Crippen molar-refractivity contribution in [3.8, 4) is 0 Å². The number of nitrogens with zero attached hydrogens (tertiary/aromatic N) is 3. The quantitative estimate of drug-likeness (QED) is 0.786. The first-order valence-electron chi connectivity index (χ1n) is 5.21. The van der Waals surface area contributed by atoms with Gasteiger partial charge in [0.05, 0.1) is 17.7 Å². The molecule has 0 saturated heterocycles. The fourth-order valence-electron chi connectivity index (χ4n) is 1.85. The summed E-state index contributed by atoms with van der Waals surface area (Å²) in [4.78, 5) is 8.13. The normalized spacial score (nSPS) is 12.7. The molecule has 0 aromatic carbocycles. The second-order valence-corrected chi connectivity index (χ2v) is 3.88. The van der Waals surface area contributed by atoms with Gasteiger partial charge in [-0.3, -0.25) is 4.98 Å². The van der Waals surface area contributed by atoms with Crippen LogP contribution in [0.2, 0.25) is 0 Å². The maximum Gasteiger partial charge on any atom is 0.139 e. The lowest BCUT2D eigenvalue weighted by Crippen LogP contribution is -2.07. The average molecular weight is 216 g/mol. The number of aromatic nitrogens is 3. The van der Waals surface area contributed by atoms with Crippen LogP contribution >= 0.6 is 0 Å². The van der Waals surface area contributed by atoms with Gasteiger partial charge in [-0.2, -0.15) is 0 Å². The highest BCUT2D eigenvalue weighted by molar-refractivity contribution is 5.18. The van der Waals surface area contributed by atoms with E-state index in [2.05, 4.69) is 9.97 Å². The second kappa shape index (κ2) is 4.45. The molecule has 0 spiro atoms. The van der Waals surface area contributed by atoms with Gasteiger partial charge in [0.25, 0.3) is 0 Å². The Morgan fingerprint density at radius 3 is 2.88 bits per heavy atom. The number of imidazole rings is 1. The predicted octanol–water partition coefficient (Wildman–Crippen LogP) is 1.84. The van der Waals surface area contributed by atoms with Gasteiger partial charge in [0.1, 0.15) is 6.10 Å². The minimum Gasteiger partial charge on any atom is -0.335 e. The lowest BCUT2D eigenvalue weighted by atomic mass is 10.1. The summed E-state index contributed by atoms with van der Waals surface area (Å²) in [5.41, 5.74) is 2.53. The van der Waals surface area contributed by atoms with Gasteiger partial charge < -0.3 is 4.57 Å². The van der Waals surface area contributed by atoms with Gasteiger partial charge in [-0.1, -0.05) is 6.07 Å². The minimum atomic E-state index is -0.781. The van der Waals surface area contributed by atoms with Crippen molar-refractivity contribution in [2.45, 2.75) is 19.4 Å². The van der Waals surface area contributed by atoms with Gasteiger partial charge in [0.2, 0.25) is 0 Å². The van der Waals surface area contributed by atoms with Crippen LogP contribution in [0.5, 0.6) is 0 Å². The van der Waals surface area contributed by atoms with E-state index >= 15 is 0 Å². The van der Waals surface area contributed by atoms with Gasteiger partial charge in [-0.15, -0.1) is 0 Å². The lowest BCUT2D eigenvalue weighted by Gasteiger charge is -2.10. The van der Waals surface area contributed by atoms with Gasteiger partial charge in [-0.25, -0.2) is 10.1 Å². The van der Waals surface area contributed by atoms with Crippen LogP contribution in [0.3, 0.4) is 0 Å². The zero-order valence-corrected chi connectivity index (χ0v) is 9.42. The van der Waals surface area contributed by atoms with Crippen LogP contribution in [0.1, 0.15) is 23.1 Å². The Balaban J connectivity index is 2.18. The molecule has 0 fully saturated rings. The van der Waals surface area contributed by atoms with Crippen molar-refractivity contribution in [3.05, 3.63) is 47.8 Å². The van der Waals surface area contributed by atoms with Crippen molar-refractivity contribution in [1.82, 2.24) is 14.5 Å². The molecular weight excluding hydrogens is 202 g/mol. The van der Waals surface area contributed by atoms with Crippen LogP contribution in [-0.4, -0.2) is 14.5 Å². The molecule has 0 N–H and O–H groups in total. The van der Waals surface area contributed by atoms with Crippen molar-refractivity contribution in [1.29, 1.82) is 0 Å². The molecule has 0 amide bonds. The van der Waals surface area contributed by atoms with Crippen molar-refractivity contribution in [2.24, 2.45) is 7.05 Å². The van der Waals surface area contributed by atoms with Crippen molar-refractivity contribution in [3.63, 3.8) is 0 Å². The van der Waals surface area contributed by atoms with E-state index in [1.807, 2.05) is 26.1 Å². The van der Waals surface area contributed by atoms with Crippen LogP contribution in [0, 0.1) is 6.92 Å². The molecule has 2 heterocycles. The molecule has 4 heteroatoms. The van der Waals surface area contributed by atoms with Crippen LogP contribution in [0.4, 0.5) is 0 Å². The molecule has 0 aliphatic heterocycles. The highest BCUT2D eigenvalue weighted by Gasteiger charge is 2.17. The summed E-state index contributed by atoms with van der Waals surface area (Å²) in [5.74, 6) is 0. The standard InChI is InChI=1S/C12H14N3O/c1-9-12(15(2)8-14-9)11(16)6-10-4-3-5-13-7-10/h3-5,7-8,11H,6H2,1-2H3. The van der Waals surface area contributed by atoms with Crippen LogP contribution in [-0.2, 0) is 18.6 Å². The van der Waals surface area contributed by atoms with Crippen molar-refractivity contribution < 1.29 is 5.11 Å². The van der Waals surface area contributed by atoms with Crippen LogP contribution < -0.4 is 0 Å². The first-order chi connectivity index (χ1) is 7.68. The average Bonchev–Trinajstić information content (AvgIpc) is 2.60. The van der Waals surface area contributed by atoms with Crippen LogP contribution in [0.15, 0.2) is 30.9 Å². The first kappa shape index (κ1) is 10.8. The Labute approximate surface area is 94.6 Å². The third-order valence-corrected chi connectivity index (χ3v) is 2.62. The van der Waals surface area contributed by atoms with Crippen LogP contribution in [0.25, 0.3) is 0 Å². The molecule has 4 nitrogen and oxygen atoms in total. The summed E-state index contributed by atoms with van der Waals surface area (Å²) in [6.07, 6.45) is 4.79. The molecule has 16 heavy (non-hydrogen) atoms. The zero-order chi connectivity index (χ0) is 11.5. The fraction of sp³-hybridized carbons (Fsp3) is 0.333. The molecule has 0 aliphatic rings. The number of aryl methyl sites for hydroxylation is 2. The Kier molecular flexibility index (Phi) is 3.01. The summed E-state index contributed by atoms with van der Waals surface area (Å²) in [6.45, 7) is 1.86. The molecule has 2 aromatic heterocycles. The van der Waals surface area contributed by atoms with Gasteiger partial charge in [0.15, 0.2) is 0 Å². The predicted molar refractivity (Wildman–Crippen MR) is 59.3 cm³/mol. The van der Waals surface area contributed by atoms with E-state index in [-0.39, 0.29) is 0 Å². The zero-order valence-electron chi connectivity index (χ0n) is 9.42. The van der Waals surface area contributed by atoms with E-state index in [1.54, 1.807) is 23.3 Å². The molecule has 2 rings (SSSR count). The molecule has 1 atom stereocenters. The molecular formula is C12H14N3O. The molecule has 0 bridgehead atoms. The lowest BCUT2D eigenvalue weighted by molar-refractivity contribution is 0.0825. The Bertz CT molecular complexity index is 445. The fourth-order valence-corrected chi connectivity index (χ4v) is 1.85. The number of hydrogen-bond donors (Lipinski definition) is 0. The highest BCUT2D eigenvalue weighted by Crippen LogP contribution is 2.20. The van der Waals surface area contributed by atoms with E-state index in [1.165, 1.54) is 0 Å². The minimum absolute atomic E-state index is 0.453. The highest BCUT2D eigenvalue weighted by atomic mass is 16.3. The van der Waals surface area contributed by atoms with Crippen molar-refractivity contribution >= 4 is 0 Å². The number of rotatable bonds is 3. The van der Waals surface area contributed by atoms with Gasteiger partial charge in [-0.05, 0) is 18.6 Å². The summed E-state index contributed by atoms with van der Waals surface area (Å²) in [7, 11) is 1.85. The maximum absolute atomic E-state index is 12.1. The number of hydrogen-bond acceptors (Lipinski definition) is 2. The largest absolute Gasteiger partial charge is 0.335 e. The number of pyridine rings is 1. The van der Waals surface area contributed by atoms with E-state index < -0.39 is 6.10 Å².